The van der Waals surface area contributed by atoms with Gasteiger partial charge in [-0.2, -0.15) is 0 Å². The maximum Gasteiger partial charge on any atom is 0.472 e. The molecule has 3 aliphatic heterocycles. The van der Waals surface area contributed by atoms with Gasteiger partial charge < -0.3 is 136 Å². The Balaban J connectivity index is 1.43. The fourth-order valence-corrected chi connectivity index (χ4v) is 14.3. The minimum absolute atomic E-state index is 0.0561. The molecule has 0 saturated carbocycles. The average Bonchev–Trinajstić information content (AvgIpc) is 0.818. The van der Waals surface area contributed by atoms with E-state index < -0.39 is 184 Å². The Morgan fingerprint density at radius 2 is 0.598 bits per heavy atom. The molecule has 3 fully saturated rings. The predicted octanol–water partition coefficient (Wildman–Crippen LogP) is -2.27. The van der Waals surface area contributed by atoms with Gasteiger partial charge in [-0.05, 0) is 83.5 Å². The number of aliphatic hydroxyl groups excluding tert-OH is 10. The average molecular weight is 1730 g/mol. The number of nitrogens with one attached hydrogen (secondary N) is 6. The van der Waals surface area contributed by atoms with E-state index in [2.05, 4.69) is 31.9 Å². The molecule has 0 aromatic rings. The minimum atomic E-state index is -4.84. The third-order valence-corrected chi connectivity index (χ3v) is 21.3. The van der Waals surface area contributed by atoms with Crippen molar-refractivity contribution in [1.29, 1.82) is 0 Å². The van der Waals surface area contributed by atoms with E-state index in [4.69, 9.17) is 46.5 Å². The van der Waals surface area contributed by atoms with E-state index in [-0.39, 0.29) is 121 Å². The van der Waals surface area contributed by atoms with Crippen LogP contribution in [0.1, 0.15) is 188 Å². The van der Waals surface area contributed by atoms with Gasteiger partial charge in [-0.25, -0.2) is 9.13 Å². The molecule has 680 valence electrons. The van der Waals surface area contributed by atoms with Crippen LogP contribution in [-0.4, -0.2) is 352 Å². The topological polar surface area (TPSA) is 605 Å². The Bertz CT molecular complexity index is 2830. The van der Waals surface area contributed by atoms with E-state index in [1.54, 1.807) is 0 Å². The van der Waals surface area contributed by atoms with Gasteiger partial charge in [0.25, 0.3) is 0 Å². The first-order valence-electron chi connectivity index (χ1n) is 40.8. The van der Waals surface area contributed by atoms with E-state index >= 15 is 0 Å². The van der Waals surface area contributed by atoms with E-state index in [1.807, 2.05) is 6.92 Å². The molecule has 44 heteroatoms. The summed E-state index contributed by atoms with van der Waals surface area (Å²) < 4.78 is 80.9. The molecule has 17 atom stereocenters. The zero-order valence-electron chi connectivity index (χ0n) is 68.2. The van der Waals surface area contributed by atoms with Gasteiger partial charge >= 0.3 is 15.6 Å². The lowest BCUT2D eigenvalue weighted by atomic mass is 9.97. The van der Waals surface area contributed by atoms with Crippen LogP contribution in [0, 0.1) is 0 Å². The van der Waals surface area contributed by atoms with E-state index in [1.165, 1.54) is 35.5 Å². The first-order chi connectivity index (χ1) is 55.8. The highest BCUT2D eigenvalue weighted by Gasteiger charge is 2.48. The third-order valence-electron chi connectivity index (χ3n) is 19.3. The van der Waals surface area contributed by atoms with Gasteiger partial charge in [0.2, 0.25) is 53.2 Å². The summed E-state index contributed by atoms with van der Waals surface area (Å²) in [6.45, 7) is 2.16. The van der Waals surface area contributed by atoms with E-state index in [9.17, 15) is 113 Å². The molecular weight excluding hydrogens is 1590 g/mol. The fraction of sp³-hybridized carbons (Fsp3) is 0.877. The number of hydrogen-bond donors (Lipinski definition) is 18. The summed E-state index contributed by atoms with van der Waals surface area (Å²) in [5.41, 5.74) is 0. The molecule has 3 aliphatic rings. The molecule has 9 amide bonds. The van der Waals surface area contributed by atoms with Crippen molar-refractivity contribution in [2.24, 2.45) is 0 Å². The molecule has 0 bridgehead atoms. The van der Waals surface area contributed by atoms with Crippen LogP contribution in [0.15, 0.2) is 0 Å². The summed E-state index contributed by atoms with van der Waals surface area (Å²) in [5, 5.41) is 116. The number of rotatable bonds is 65. The number of phosphoric acid groups is 2. The quantitative estimate of drug-likeness (QED) is 0.0226. The predicted molar refractivity (Wildman–Crippen MR) is 414 cm³/mol. The van der Waals surface area contributed by atoms with E-state index in [0.29, 0.717) is 148 Å². The van der Waals surface area contributed by atoms with Crippen LogP contribution in [0.25, 0.3) is 0 Å². The lowest BCUT2D eigenvalue weighted by Gasteiger charge is -2.42. The molecule has 0 spiro atoms. The van der Waals surface area contributed by atoms with Crippen LogP contribution < -0.4 is 31.9 Å². The van der Waals surface area contributed by atoms with Crippen LogP contribution in [0.2, 0.25) is 0 Å². The van der Waals surface area contributed by atoms with Crippen molar-refractivity contribution < 1.29 is 160 Å². The van der Waals surface area contributed by atoms with Crippen molar-refractivity contribution in [1.82, 2.24) is 46.6 Å². The van der Waals surface area contributed by atoms with Gasteiger partial charge in [0, 0.05) is 138 Å². The van der Waals surface area contributed by atoms with Crippen LogP contribution in [-0.2, 0) is 98.8 Å². The lowest BCUT2D eigenvalue weighted by molar-refractivity contribution is -0.270. The van der Waals surface area contributed by atoms with E-state index in [0.717, 1.165) is 0 Å². The van der Waals surface area contributed by atoms with Gasteiger partial charge in [-0.15, -0.1) is 0 Å². The molecule has 3 saturated heterocycles. The standard InChI is InChI=1S/C73H135N9O33P2/c1-5-33-80(59(93)27-15-6-18-30-74-56(90)24-12-9-21-40-106-71-62(77-50(2)87)68(99)65(96)53(47-84)113-71)35-43-109-116(102,103)111-45-37-82(61(95)29-17-8-20-32-76-58(92)26-14-11-23-42-108-73-64(79-52(4)89)70(101)67(98)55(49-86)115-73)38-46-112-117(104,105)110-44-36-81(34-39-83)60(94)28-16-7-19-31-75-57(91)25-13-10-22-41-107-72-63(78-51(3)88)69(100)66(97)54(48-85)114-72/h53-55,62-73,83-86,96-101H,5-49H2,1-4H3,(H,74,90)(H,75,91)(H,76,92)(H,77,87)(H,78,88)(H,79,89)(H,102,103)(H,104,105). The number of unbranched alkanes of at least 4 members (excludes halogenated alkanes) is 12. The molecule has 18 N–H and O–H groups in total. The Morgan fingerprint density at radius 3 is 0.855 bits per heavy atom. The highest BCUT2D eigenvalue weighted by molar-refractivity contribution is 7.47. The van der Waals surface area contributed by atoms with Crippen molar-refractivity contribution in [3.8, 4) is 0 Å². The van der Waals surface area contributed by atoms with Crippen molar-refractivity contribution in [3.63, 3.8) is 0 Å². The lowest BCUT2D eigenvalue weighted by Crippen LogP contribution is -2.64. The van der Waals surface area contributed by atoms with Crippen molar-refractivity contribution >= 4 is 68.8 Å². The zero-order chi connectivity index (χ0) is 86.7. The summed E-state index contributed by atoms with van der Waals surface area (Å²) >= 11 is 0. The molecule has 17 unspecified atom stereocenters. The fourth-order valence-electron chi connectivity index (χ4n) is 12.9. The summed E-state index contributed by atoms with van der Waals surface area (Å²) in [6, 6.07) is -3.20. The maximum atomic E-state index is 13.7. The maximum absolute atomic E-state index is 13.7. The third kappa shape index (κ3) is 43.9. The number of carbonyl (C=O) groups excluding carboxylic acids is 9. The van der Waals surface area contributed by atoms with Gasteiger partial charge in [-0.3, -0.25) is 61.2 Å². The van der Waals surface area contributed by atoms with Crippen LogP contribution in [0.3, 0.4) is 0 Å². The second-order valence-electron chi connectivity index (χ2n) is 29.0. The summed E-state index contributed by atoms with van der Waals surface area (Å²) in [6.07, 6.45) is -4.54. The molecule has 0 aromatic carbocycles. The monoisotopic (exact) mass is 1730 g/mol. The second-order valence-corrected chi connectivity index (χ2v) is 31.9. The Hall–Kier alpha value is -5.19. The molecule has 117 heavy (non-hydrogen) atoms. The highest BCUT2D eigenvalue weighted by Crippen LogP contribution is 2.44. The van der Waals surface area contributed by atoms with Crippen molar-refractivity contribution in [2.75, 3.05) is 132 Å². The molecule has 3 rings (SSSR count). The number of aliphatic hydroxyl groups is 10. The van der Waals surface area contributed by atoms with Crippen LogP contribution >= 0.6 is 15.6 Å². The number of nitrogens with zero attached hydrogens (tertiary/aromatic N) is 3. The number of phosphoric ester groups is 2. The summed E-state index contributed by atoms with van der Waals surface area (Å²) in [7, 11) is -9.64. The number of hydrogen-bond acceptors (Lipinski definition) is 31. The summed E-state index contributed by atoms with van der Waals surface area (Å²) in [5.74, 6) is -3.08. The Morgan fingerprint density at radius 1 is 0.342 bits per heavy atom. The van der Waals surface area contributed by atoms with Crippen molar-refractivity contribution in [3.05, 3.63) is 0 Å². The second kappa shape index (κ2) is 60.3. The normalized spacial score (nSPS) is 24.3. The SMILES string of the molecule is CCCN(CCOP(=O)(O)OCCN(CCOP(=O)(O)OCCN(CCO)C(=O)CCCCCNC(=O)CCCCCOC1OC(CO)C(O)C(O)C1NC(C)=O)C(=O)CCCCCNC(=O)CCCCCOC1OC(CO)C(O)C(O)C1NC(C)=O)C(=O)CCCCCNC(=O)CCCCCOC1OC(CO)C(O)C(O)C1NC(C)=O. The number of carbonyl (C=O) groups is 9. The molecule has 0 radical (unpaired) electrons. The molecular formula is C73H135N9O33P2. The first-order valence-corrected chi connectivity index (χ1v) is 43.8. The van der Waals surface area contributed by atoms with Gasteiger partial charge in [0.15, 0.2) is 18.9 Å². The largest absolute Gasteiger partial charge is 0.472 e. The van der Waals surface area contributed by atoms with Crippen LogP contribution in [0.4, 0.5) is 0 Å². The van der Waals surface area contributed by atoms with Crippen molar-refractivity contribution in [2.45, 2.75) is 280 Å². The smallest absolute Gasteiger partial charge is 0.395 e. The Kier molecular flexibility index (Phi) is 54.7. The minimum Gasteiger partial charge on any atom is -0.395 e. The van der Waals surface area contributed by atoms with Gasteiger partial charge in [0.05, 0.1) is 52.9 Å². The van der Waals surface area contributed by atoms with Crippen LogP contribution in [0.5, 0.6) is 0 Å². The molecule has 42 nitrogen and oxygen atoms in total. The molecule has 3 heterocycles. The Labute approximate surface area is 684 Å². The molecule has 0 aliphatic carbocycles. The number of amides is 9. The first kappa shape index (κ1) is 106. The van der Waals surface area contributed by atoms with Gasteiger partial charge in [-0.1, -0.05) is 45.4 Å². The summed E-state index contributed by atoms with van der Waals surface area (Å²) in [4.78, 5) is 138. The highest BCUT2D eigenvalue weighted by atomic mass is 31.2. The number of ether oxygens (including phenoxy) is 6. The van der Waals surface area contributed by atoms with Gasteiger partial charge in [0.1, 0.15) is 73.1 Å². The zero-order valence-corrected chi connectivity index (χ0v) is 69.9. The molecule has 0 aromatic heterocycles.